The van der Waals surface area contributed by atoms with E-state index in [1.165, 1.54) is 0 Å². The highest BCUT2D eigenvalue weighted by molar-refractivity contribution is 9.10. The van der Waals surface area contributed by atoms with Gasteiger partial charge in [0, 0.05) is 17.2 Å². The molecule has 106 valence electrons. The van der Waals surface area contributed by atoms with Gasteiger partial charge in [-0.15, -0.1) is 0 Å². The molecule has 0 fully saturated rings. The number of nitrogen functional groups attached to an aromatic ring is 1. The topological polar surface area (TPSA) is 80.0 Å². The zero-order chi connectivity index (χ0) is 14.6. The molecule has 0 saturated carbocycles. The Labute approximate surface area is 122 Å². The van der Waals surface area contributed by atoms with Crippen molar-refractivity contribution < 1.29 is 4.79 Å². The molecule has 0 atom stereocenters. The van der Waals surface area contributed by atoms with Gasteiger partial charge in [0.05, 0.1) is 5.56 Å². The number of nitrogens with zero attached hydrogens (tertiary/aromatic N) is 1. The summed E-state index contributed by atoms with van der Waals surface area (Å²) in [5.74, 6) is 6.01. The number of nitrogens with one attached hydrogen (secondary N) is 2. The Balaban J connectivity index is 2.82. The van der Waals surface area contributed by atoms with Gasteiger partial charge in [0.15, 0.2) is 5.82 Å². The van der Waals surface area contributed by atoms with E-state index < -0.39 is 0 Å². The van der Waals surface area contributed by atoms with Crippen LogP contribution in [-0.4, -0.2) is 17.4 Å². The first-order valence-corrected chi connectivity index (χ1v) is 6.97. The van der Waals surface area contributed by atoms with Crippen LogP contribution in [0.3, 0.4) is 0 Å². The van der Waals surface area contributed by atoms with Gasteiger partial charge in [0.25, 0.3) is 5.91 Å². The number of aromatic nitrogens is 1. The van der Waals surface area contributed by atoms with Gasteiger partial charge in [-0.1, -0.05) is 27.7 Å². The van der Waals surface area contributed by atoms with Crippen molar-refractivity contribution in [3.8, 4) is 0 Å². The lowest BCUT2D eigenvalue weighted by atomic mass is 9.81. The summed E-state index contributed by atoms with van der Waals surface area (Å²) in [6.45, 7) is 9.12. The maximum atomic E-state index is 12.2. The van der Waals surface area contributed by atoms with Gasteiger partial charge in [0.2, 0.25) is 0 Å². The molecule has 0 aliphatic carbocycles. The highest BCUT2D eigenvalue weighted by Gasteiger charge is 2.24. The number of amides is 1. The van der Waals surface area contributed by atoms with Crippen LogP contribution in [0, 0.1) is 11.3 Å². The van der Waals surface area contributed by atoms with Gasteiger partial charge < -0.3 is 10.7 Å². The van der Waals surface area contributed by atoms with Crippen LogP contribution in [0.15, 0.2) is 16.7 Å². The summed E-state index contributed by atoms with van der Waals surface area (Å²) >= 11 is 3.30. The SMILES string of the molecule is CC(C)C(C)(C)CNC(=O)c1cc(Br)cnc1NN. The van der Waals surface area contributed by atoms with Crippen molar-refractivity contribution in [1.82, 2.24) is 10.3 Å². The first-order valence-electron chi connectivity index (χ1n) is 6.18. The zero-order valence-corrected chi connectivity index (χ0v) is 13.3. The summed E-state index contributed by atoms with van der Waals surface area (Å²) < 4.78 is 0.736. The maximum absolute atomic E-state index is 12.2. The smallest absolute Gasteiger partial charge is 0.255 e. The molecule has 0 saturated heterocycles. The minimum atomic E-state index is -0.185. The third kappa shape index (κ3) is 4.18. The standard InChI is InChI=1S/C13H21BrN4O/c1-8(2)13(3,4)7-17-12(19)10-5-9(14)6-16-11(10)18-15/h5-6,8H,7,15H2,1-4H3,(H,16,18)(H,17,19). The van der Waals surface area contributed by atoms with Crippen LogP contribution in [0.1, 0.15) is 38.1 Å². The van der Waals surface area contributed by atoms with Crippen molar-refractivity contribution in [3.63, 3.8) is 0 Å². The van der Waals surface area contributed by atoms with E-state index in [1.54, 1.807) is 12.3 Å². The monoisotopic (exact) mass is 328 g/mol. The Morgan fingerprint density at radius 1 is 1.53 bits per heavy atom. The maximum Gasteiger partial charge on any atom is 0.255 e. The lowest BCUT2D eigenvalue weighted by Gasteiger charge is -2.29. The molecule has 1 amide bonds. The molecule has 1 aromatic rings. The first kappa shape index (κ1) is 15.9. The number of hydrogen-bond acceptors (Lipinski definition) is 4. The Morgan fingerprint density at radius 3 is 2.68 bits per heavy atom. The Kier molecular flexibility index (Phi) is 5.31. The lowest BCUT2D eigenvalue weighted by Crippen LogP contribution is -2.37. The van der Waals surface area contributed by atoms with E-state index in [-0.39, 0.29) is 11.3 Å². The van der Waals surface area contributed by atoms with Crippen LogP contribution in [0.4, 0.5) is 5.82 Å². The average Bonchev–Trinajstić information content (AvgIpc) is 2.35. The molecular formula is C13H21BrN4O. The number of anilines is 1. The number of hydrazine groups is 1. The van der Waals surface area contributed by atoms with Crippen LogP contribution in [-0.2, 0) is 0 Å². The highest BCUT2D eigenvalue weighted by Crippen LogP contribution is 2.25. The van der Waals surface area contributed by atoms with E-state index in [9.17, 15) is 4.79 Å². The molecule has 5 nitrogen and oxygen atoms in total. The summed E-state index contributed by atoms with van der Waals surface area (Å²) in [4.78, 5) is 16.2. The minimum absolute atomic E-state index is 0.0331. The first-order chi connectivity index (χ1) is 8.77. The fraction of sp³-hybridized carbons (Fsp3) is 0.538. The zero-order valence-electron chi connectivity index (χ0n) is 11.7. The summed E-state index contributed by atoms with van der Waals surface area (Å²) in [6, 6.07) is 1.69. The van der Waals surface area contributed by atoms with E-state index in [0.717, 1.165) is 4.47 Å². The fourth-order valence-corrected chi connectivity index (χ4v) is 1.67. The van der Waals surface area contributed by atoms with E-state index in [4.69, 9.17) is 5.84 Å². The highest BCUT2D eigenvalue weighted by atomic mass is 79.9. The second kappa shape index (κ2) is 6.34. The van der Waals surface area contributed by atoms with Crippen molar-refractivity contribution in [1.29, 1.82) is 0 Å². The Morgan fingerprint density at radius 2 is 2.16 bits per heavy atom. The van der Waals surface area contributed by atoms with Crippen LogP contribution < -0.4 is 16.6 Å². The van der Waals surface area contributed by atoms with E-state index in [0.29, 0.717) is 23.8 Å². The van der Waals surface area contributed by atoms with Crippen LogP contribution in [0.5, 0.6) is 0 Å². The quantitative estimate of drug-likeness (QED) is 0.573. The molecule has 1 heterocycles. The van der Waals surface area contributed by atoms with Crippen molar-refractivity contribution in [3.05, 3.63) is 22.3 Å². The Hall–Kier alpha value is -1.14. The molecule has 0 bridgehead atoms. The second-order valence-corrected chi connectivity index (χ2v) is 6.44. The molecule has 4 N–H and O–H groups in total. The summed E-state index contributed by atoms with van der Waals surface area (Å²) in [7, 11) is 0. The summed E-state index contributed by atoms with van der Waals surface area (Å²) in [6.07, 6.45) is 1.59. The molecule has 1 rings (SSSR count). The predicted octanol–water partition coefficient (Wildman–Crippen LogP) is 2.54. The van der Waals surface area contributed by atoms with E-state index >= 15 is 0 Å². The number of rotatable bonds is 5. The van der Waals surface area contributed by atoms with Gasteiger partial charge in [-0.05, 0) is 33.3 Å². The molecule has 19 heavy (non-hydrogen) atoms. The van der Waals surface area contributed by atoms with Crippen molar-refractivity contribution in [2.45, 2.75) is 27.7 Å². The van der Waals surface area contributed by atoms with Crippen LogP contribution >= 0.6 is 15.9 Å². The van der Waals surface area contributed by atoms with Crippen LogP contribution in [0.25, 0.3) is 0 Å². The molecule has 0 aromatic carbocycles. The molecule has 0 radical (unpaired) electrons. The predicted molar refractivity (Wildman–Crippen MR) is 80.7 cm³/mol. The van der Waals surface area contributed by atoms with E-state index in [2.05, 4.69) is 59.4 Å². The molecule has 0 unspecified atom stereocenters. The molecule has 0 aliphatic rings. The number of carbonyl (C=O) groups is 1. The van der Waals surface area contributed by atoms with Crippen molar-refractivity contribution in [2.75, 3.05) is 12.0 Å². The molecule has 6 heteroatoms. The number of nitrogens with two attached hydrogens (primary N) is 1. The fourth-order valence-electron chi connectivity index (χ4n) is 1.33. The third-order valence-electron chi connectivity index (χ3n) is 3.50. The lowest BCUT2D eigenvalue weighted by molar-refractivity contribution is 0.0925. The van der Waals surface area contributed by atoms with Crippen molar-refractivity contribution in [2.24, 2.45) is 17.2 Å². The number of carbonyl (C=O) groups excluding carboxylic acids is 1. The largest absolute Gasteiger partial charge is 0.351 e. The number of pyridine rings is 1. The molecule has 0 aliphatic heterocycles. The van der Waals surface area contributed by atoms with Gasteiger partial charge in [0.1, 0.15) is 0 Å². The molecule has 0 spiro atoms. The average molecular weight is 329 g/mol. The summed E-state index contributed by atoms with van der Waals surface area (Å²) in [5, 5.41) is 2.93. The number of hydrogen-bond donors (Lipinski definition) is 3. The van der Waals surface area contributed by atoms with Gasteiger partial charge >= 0.3 is 0 Å². The van der Waals surface area contributed by atoms with Crippen LogP contribution in [0.2, 0.25) is 0 Å². The number of halogens is 1. The second-order valence-electron chi connectivity index (χ2n) is 5.52. The molecular weight excluding hydrogens is 308 g/mol. The Bertz CT molecular complexity index is 460. The normalized spacial score (nSPS) is 11.5. The minimum Gasteiger partial charge on any atom is -0.351 e. The molecule has 1 aromatic heterocycles. The summed E-state index contributed by atoms with van der Waals surface area (Å²) in [5.41, 5.74) is 2.89. The third-order valence-corrected chi connectivity index (χ3v) is 3.94. The van der Waals surface area contributed by atoms with Crippen molar-refractivity contribution >= 4 is 27.7 Å². The van der Waals surface area contributed by atoms with Gasteiger partial charge in [-0.3, -0.25) is 4.79 Å². The van der Waals surface area contributed by atoms with E-state index in [1.807, 2.05) is 0 Å². The van der Waals surface area contributed by atoms with Gasteiger partial charge in [-0.2, -0.15) is 0 Å². The van der Waals surface area contributed by atoms with Gasteiger partial charge in [-0.25, -0.2) is 10.8 Å².